The number of aryl methyl sites for hydroxylation is 1. The van der Waals surface area contributed by atoms with E-state index >= 15 is 0 Å². The maximum absolute atomic E-state index is 12.2. The number of carbonyl (C=O) groups excluding carboxylic acids is 1. The third kappa shape index (κ3) is 3.25. The van der Waals surface area contributed by atoms with Gasteiger partial charge in [-0.05, 0) is 19.4 Å². The van der Waals surface area contributed by atoms with E-state index in [1.165, 1.54) is 6.07 Å². The second-order valence-electron chi connectivity index (χ2n) is 4.67. The van der Waals surface area contributed by atoms with Gasteiger partial charge in [0.25, 0.3) is 11.6 Å². The summed E-state index contributed by atoms with van der Waals surface area (Å²) in [4.78, 5) is 29.7. The Hall–Kier alpha value is -2.70. The number of nitrogens with one attached hydrogen (secondary N) is 2. The van der Waals surface area contributed by atoms with E-state index in [-0.39, 0.29) is 23.2 Å². The topological polar surface area (TPSA) is 101 Å². The Kier molecular flexibility index (Phi) is 4.32. The largest absolute Gasteiger partial charge is 0.347 e. The molecule has 0 bridgehead atoms. The van der Waals surface area contributed by atoms with Gasteiger partial charge in [0.1, 0.15) is 5.82 Å². The maximum atomic E-state index is 12.2. The summed E-state index contributed by atoms with van der Waals surface area (Å²) in [5, 5.41) is 13.7. The number of nitro benzene ring substituents is 1. The highest BCUT2D eigenvalue weighted by molar-refractivity contribution is 5.95. The van der Waals surface area contributed by atoms with Gasteiger partial charge in [-0.2, -0.15) is 0 Å². The molecule has 7 nitrogen and oxygen atoms in total. The highest BCUT2D eigenvalue weighted by Crippen LogP contribution is 2.20. The fourth-order valence-electron chi connectivity index (χ4n) is 2.02. The first-order valence-corrected chi connectivity index (χ1v) is 6.58. The van der Waals surface area contributed by atoms with Gasteiger partial charge in [-0.1, -0.05) is 13.0 Å². The van der Waals surface area contributed by atoms with Crippen LogP contribution in [0.15, 0.2) is 30.6 Å². The van der Waals surface area contributed by atoms with E-state index in [0.29, 0.717) is 17.8 Å². The monoisotopic (exact) mass is 288 g/mol. The first kappa shape index (κ1) is 14.7. The van der Waals surface area contributed by atoms with Crippen molar-refractivity contribution in [3.05, 3.63) is 57.7 Å². The van der Waals surface area contributed by atoms with Crippen molar-refractivity contribution in [2.45, 2.75) is 26.3 Å². The molecule has 1 aromatic heterocycles. The molecule has 1 aromatic carbocycles. The number of hydrogen-bond acceptors (Lipinski definition) is 4. The second kappa shape index (κ2) is 6.17. The molecule has 0 saturated heterocycles. The van der Waals surface area contributed by atoms with Gasteiger partial charge in [-0.3, -0.25) is 14.9 Å². The predicted molar refractivity (Wildman–Crippen MR) is 76.9 cm³/mol. The quantitative estimate of drug-likeness (QED) is 0.652. The number of H-pyrrole nitrogens is 1. The van der Waals surface area contributed by atoms with Gasteiger partial charge in [0.2, 0.25) is 0 Å². The number of nitrogens with zero attached hydrogens (tertiary/aromatic N) is 2. The lowest BCUT2D eigenvalue weighted by Crippen LogP contribution is -2.29. The minimum atomic E-state index is -0.490. The molecule has 2 aromatic rings. The van der Waals surface area contributed by atoms with Crippen molar-refractivity contribution in [1.29, 1.82) is 0 Å². The van der Waals surface area contributed by atoms with E-state index in [9.17, 15) is 14.9 Å². The van der Waals surface area contributed by atoms with E-state index in [0.717, 1.165) is 0 Å². The summed E-state index contributed by atoms with van der Waals surface area (Å²) < 4.78 is 0. The molecule has 0 aliphatic rings. The summed E-state index contributed by atoms with van der Waals surface area (Å²) in [6, 6.07) is 4.18. The van der Waals surface area contributed by atoms with E-state index in [4.69, 9.17) is 0 Å². The Labute approximate surface area is 121 Å². The number of nitro groups is 1. The molecule has 0 saturated carbocycles. The fourth-order valence-corrected chi connectivity index (χ4v) is 2.02. The molecule has 0 radical (unpaired) electrons. The molecule has 2 rings (SSSR count). The highest BCUT2D eigenvalue weighted by Gasteiger charge is 2.19. The summed E-state index contributed by atoms with van der Waals surface area (Å²) >= 11 is 0. The lowest BCUT2D eigenvalue weighted by molar-refractivity contribution is -0.385. The Morgan fingerprint density at radius 2 is 2.29 bits per heavy atom. The minimum Gasteiger partial charge on any atom is -0.347 e. The van der Waals surface area contributed by atoms with Gasteiger partial charge in [0.05, 0.1) is 11.0 Å². The SMILES string of the molecule is CCC(NC(=O)c1ccc(C)c([N+](=O)[O-])c1)c1ncc[nH]1. The zero-order valence-electron chi connectivity index (χ0n) is 11.8. The number of carbonyl (C=O) groups is 1. The average Bonchev–Trinajstić information content (AvgIpc) is 2.98. The van der Waals surface area contributed by atoms with Gasteiger partial charge in [0, 0.05) is 29.6 Å². The van der Waals surface area contributed by atoms with Crippen molar-refractivity contribution in [2.75, 3.05) is 0 Å². The molecule has 7 heteroatoms. The van der Waals surface area contributed by atoms with Crippen LogP contribution in [0.3, 0.4) is 0 Å². The maximum Gasteiger partial charge on any atom is 0.273 e. The number of rotatable bonds is 5. The van der Waals surface area contributed by atoms with E-state index in [2.05, 4.69) is 15.3 Å². The van der Waals surface area contributed by atoms with Crippen molar-refractivity contribution in [3.63, 3.8) is 0 Å². The van der Waals surface area contributed by atoms with Crippen molar-refractivity contribution in [3.8, 4) is 0 Å². The lowest BCUT2D eigenvalue weighted by atomic mass is 10.1. The van der Waals surface area contributed by atoms with Gasteiger partial charge in [-0.15, -0.1) is 0 Å². The van der Waals surface area contributed by atoms with Crippen LogP contribution in [0.25, 0.3) is 0 Å². The van der Waals surface area contributed by atoms with Crippen LogP contribution in [0.4, 0.5) is 5.69 Å². The van der Waals surface area contributed by atoms with E-state index < -0.39 is 4.92 Å². The van der Waals surface area contributed by atoms with Crippen molar-refractivity contribution < 1.29 is 9.72 Å². The van der Waals surface area contributed by atoms with Crippen LogP contribution >= 0.6 is 0 Å². The number of aromatic nitrogens is 2. The Bertz CT molecular complexity index is 652. The Morgan fingerprint density at radius 1 is 1.52 bits per heavy atom. The molecule has 1 atom stereocenters. The molecule has 21 heavy (non-hydrogen) atoms. The third-order valence-corrected chi connectivity index (χ3v) is 3.23. The molecule has 0 aliphatic carbocycles. The van der Waals surface area contributed by atoms with Gasteiger partial charge in [0.15, 0.2) is 0 Å². The highest BCUT2D eigenvalue weighted by atomic mass is 16.6. The first-order valence-electron chi connectivity index (χ1n) is 6.58. The first-order chi connectivity index (χ1) is 10.0. The van der Waals surface area contributed by atoms with E-state index in [1.807, 2.05) is 6.92 Å². The molecule has 1 heterocycles. The van der Waals surface area contributed by atoms with Crippen LogP contribution in [0, 0.1) is 17.0 Å². The predicted octanol–water partition coefficient (Wildman–Crippen LogP) is 2.51. The minimum absolute atomic E-state index is 0.0614. The van der Waals surface area contributed by atoms with E-state index in [1.54, 1.807) is 31.5 Å². The summed E-state index contributed by atoms with van der Waals surface area (Å²) in [5.74, 6) is 0.300. The molecular formula is C14H16N4O3. The summed E-state index contributed by atoms with van der Waals surface area (Å²) in [7, 11) is 0. The van der Waals surface area contributed by atoms with Crippen molar-refractivity contribution in [1.82, 2.24) is 15.3 Å². The fraction of sp³-hybridized carbons (Fsp3) is 0.286. The van der Waals surface area contributed by atoms with Gasteiger partial charge in [-0.25, -0.2) is 4.98 Å². The summed E-state index contributed by atoms with van der Waals surface area (Å²) in [5.41, 5.74) is 0.723. The zero-order valence-corrected chi connectivity index (χ0v) is 11.8. The second-order valence-corrected chi connectivity index (χ2v) is 4.67. The van der Waals surface area contributed by atoms with Crippen LogP contribution in [-0.4, -0.2) is 20.8 Å². The number of imidazole rings is 1. The average molecular weight is 288 g/mol. The molecule has 1 amide bonds. The number of amides is 1. The molecule has 0 spiro atoms. The van der Waals surface area contributed by atoms with Crippen LogP contribution in [0.5, 0.6) is 0 Å². The molecule has 0 fully saturated rings. The van der Waals surface area contributed by atoms with Crippen molar-refractivity contribution >= 4 is 11.6 Å². The Balaban J connectivity index is 2.20. The standard InChI is InChI=1S/C14H16N4O3/c1-3-11(13-15-6-7-16-13)17-14(19)10-5-4-9(2)12(8-10)18(20)21/h4-8,11H,3H2,1-2H3,(H,15,16)(H,17,19). The molecule has 110 valence electrons. The molecular weight excluding hydrogens is 272 g/mol. The molecule has 2 N–H and O–H groups in total. The number of benzene rings is 1. The smallest absolute Gasteiger partial charge is 0.273 e. The summed E-state index contributed by atoms with van der Waals surface area (Å²) in [6.45, 7) is 3.56. The van der Waals surface area contributed by atoms with Crippen LogP contribution in [0.2, 0.25) is 0 Å². The van der Waals surface area contributed by atoms with Crippen LogP contribution in [0.1, 0.15) is 41.1 Å². The van der Waals surface area contributed by atoms with Gasteiger partial charge >= 0.3 is 0 Å². The van der Waals surface area contributed by atoms with Gasteiger partial charge < -0.3 is 10.3 Å². The zero-order chi connectivity index (χ0) is 15.4. The molecule has 0 aliphatic heterocycles. The number of hydrogen-bond donors (Lipinski definition) is 2. The summed E-state index contributed by atoms with van der Waals surface area (Å²) in [6.07, 6.45) is 3.95. The van der Waals surface area contributed by atoms with Crippen LogP contribution in [-0.2, 0) is 0 Å². The normalized spacial score (nSPS) is 11.9. The lowest BCUT2D eigenvalue weighted by Gasteiger charge is -2.14. The molecule has 1 unspecified atom stereocenters. The third-order valence-electron chi connectivity index (χ3n) is 3.23. The van der Waals surface area contributed by atoms with Crippen molar-refractivity contribution in [2.24, 2.45) is 0 Å². The van der Waals surface area contributed by atoms with Crippen LogP contribution < -0.4 is 5.32 Å². The number of aromatic amines is 1. The Morgan fingerprint density at radius 3 is 2.86 bits per heavy atom.